The van der Waals surface area contributed by atoms with Gasteiger partial charge in [-0.15, -0.1) is 0 Å². The lowest BCUT2D eigenvalue weighted by molar-refractivity contribution is -0.385. The fourth-order valence-electron chi connectivity index (χ4n) is 3.41. The van der Waals surface area contributed by atoms with Crippen LogP contribution in [0, 0.1) is 10.1 Å². The summed E-state index contributed by atoms with van der Waals surface area (Å²) >= 11 is 0. The summed E-state index contributed by atoms with van der Waals surface area (Å²) < 4.78 is 31.1. The number of carbonyl (C=O) groups is 1. The minimum atomic E-state index is -4.18. The third-order valence-electron chi connectivity index (χ3n) is 4.89. The minimum Gasteiger partial charge on any atom is -0.444 e. The number of primary sulfonamides is 1. The first-order chi connectivity index (χ1) is 14.3. The highest BCUT2D eigenvalue weighted by molar-refractivity contribution is 7.89. The Labute approximate surface area is 180 Å². The quantitative estimate of drug-likeness (QED) is 0.554. The molecule has 0 saturated carbocycles. The van der Waals surface area contributed by atoms with Crippen LogP contribution < -0.4 is 5.14 Å². The zero-order valence-electron chi connectivity index (χ0n) is 17.5. The molecular formula is C19H25N5O6S. The number of carbonyl (C=O) groups excluding carboxylic acids is 1. The number of amides is 1. The van der Waals surface area contributed by atoms with Gasteiger partial charge in [-0.3, -0.25) is 14.8 Å². The summed E-state index contributed by atoms with van der Waals surface area (Å²) in [5, 5.41) is 20.6. The monoisotopic (exact) mass is 451 g/mol. The summed E-state index contributed by atoms with van der Waals surface area (Å²) in [5.74, 6) is 0. The van der Waals surface area contributed by atoms with Crippen LogP contribution in [-0.4, -0.2) is 52.8 Å². The smallest absolute Gasteiger partial charge is 0.410 e. The molecule has 0 aliphatic carbocycles. The van der Waals surface area contributed by atoms with E-state index >= 15 is 0 Å². The van der Waals surface area contributed by atoms with E-state index in [9.17, 15) is 23.3 Å². The number of benzene rings is 1. The highest BCUT2D eigenvalue weighted by atomic mass is 32.2. The van der Waals surface area contributed by atoms with E-state index in [0.29, 0.717) is 31.5 Å². The lowest BCUT2D eigenvalue weighted by atomic mass is 10.1. The molecule has 11 nitrogen and oxygen atoms in total. The van der Waals surface area contributed by atoms with Crippen molar-refractivity contribution in [3.8, 4) is 11.1 Å². The number of likely N-dealkylation sites (tertiary alicyclic amines) is 1. The number of nitro benzene ring substituents is 1. The van der Waals surface area contributed by atoms with Gasteiger partial charge in [0.15, 0.2) is 0 Å². The number of nitrogens with zero attached hydrogens (tertiary/aromatic N) is 4. The number of nitro groups is 1. The largest absolute Gasteiger partial charge is 0.444 e. The van der Waals surface area contributed by atoms with Gasteiger partial charge in [0, 0.05) is 42.5 Å². The molecule has 2 N–H and O–H groups in total. The van der Waals surface area contributed by atoms with E-state index in [-0.39, 0.29) is 28.3 Å². The van der Waals surface area contributed by atoms with Crippen LogP contribution >= 0.6 is 0 Å². The number of sulfonamides is 1. The maximum Gasteiger partial charge on any atom is 0.410 e. The Hall–Kier alpha value is -2.99. The van der Waals surface area contributed by atoms with E-state index < -0.39 is 20.5 Å². The third-order valence-corrected chi connectivity index (χ3v) is 5.84. The van der Waals surface area contributed by atoms with Crippen LogP contribution in [0.4, 0.5) is 10.5 Å². The van der Waals surface area contributed by atoms with Crippen molar-refractivity contribution in [1.82, 2.24) is 14.7 Å². The third kappa shape index (κ3) is 5.39. The zero-order chi connectivity index (χ0) is 23.0. The molecule has 12 heteroatoms. The molecule has 1 aromatic heterocycles. The number of nitrogens with two attached hydrogens (primary N) is 1. The van der Waals surface area contributed by atoms with Crippen LogP contribution in [0.2, 0.25) is 0 Å². The van der Waals surface area contributed by atoms with Gasteiger partial charge >= 0.3 is 6.09 Å². The molecular weight excluding hydrogens is 426 g/mol. The van der Waals surface area contributed by atoms with Crippen molar-refractivity contribution >= 4 is 21.8 Å². The number of rotatable bonds is 4. The van der Waals surface area contributed by atoms with E-state index in [4.69, 9.17) is 9.88 Å². The summed E-state index contributed by atoms with van der Waals surface area (Å²) in [6.45, 7) is 6.47. The number of non-ortho nitro benzene ring substituents is 1. The maximum atomic E-state index is 12.2. The second kappa shape index (κ2) is 8.27. The molecule has 1 saturated heterocycles. The summed E-state index contributed by atoms with van der Waals surface area (Å²) in [7, 11) is -4.18. The van der Waals surface area contributed by atoms with E-state index in [2.05, 4.69) is 5.10 Å². The first kappa shape index (κ1) is 22.7. The molecule has 1 aromatic carbocycles. The first-order valence-electron chi connectivity index (χ1n) is 9.69. The van der Waals surface area contributed by atoms with Gasteiger partial charge in [0.1, 0.15) is 5.60 Å². The zero-order valence-corrected chi connectivity index (χ0v) is 18.3. The summed E-state index contributed by atoms with van der Waals surface area (Å²) in [6, 6.07) is 3.54. The molecule has 1 fully saturated rings. The lowest BCUT2D eigenvalue weighted by Gasteiger charge is -2.33. The van der Waals surface area contributed by atoms with Gasteiger partial charge in [-0.2, -0.15) is 5.10 Å². The Morgan fingerprint density at radius 2 is 1.94 bits per heavy atom. The predicted molar refractivity (Wildman–Crippen MR) is 112 cm³/mol. The van der Waals surface area contributed by atoms with E-state index in [1.54, 1.807) is 15.8 Å². The van der Waals surface area contributed by atoms with Crippen molar-refractivity contribution in [2.75, 3.05) is 13.1 Å². The van der Waals surface area contributed by atoms with Gasteiger partial charge in [-0.25, -0.2) is 18.4 Å². The molecule has 2 heterocycles. The van der Waals surface area contributed by atoms with Crippen LogP contribution in [0.3, 0.4) is 0 Å². The molecule has 0 atom stereocenters. The first-order valence-corrected chi connectivity index (χ1v) is 11.2. The van der Waals surface area contributed by atoms with E-state index in [1.165, 1.54) is 18.3 Å². The highest BCUT2D eigenvalue weighted by Crippen LogP contribution is 2.31. The van der Waals surface area contributed by atoms with Crippen LogP contribution in [0.1, 0.15) is 39.7 Å². The second-order valence-electron chi connectivity index (χ2n) is 8.39. The predicted octanol–water partition coefficient (Wildman–Crippen LogP) is 2.68. The summed E-state index contributed by atoms with van der Waals surface area (Å²) in [6.07, 6.45) is 4.14. The van der Waals surface area contributed by atoms with Gasteiger partial charge in [-0.05, 0) is 39.7 Å². The molecule has 168 valence electrons. The van der Waals surface area contributed by atoms with Crippen LogP contribution in [0.5, 0.6) is 0 Å². The number of hydrogen-bond donors (Lipinski definition) is 1. The average molecular weight is 452 g/mol. The molecule has 0 spiro atoms. The summed E-state index contributed by atoms with van der Waals surface area (Å²) in [5.41, 5.74) is -0.204. The Balaban J connectivity index is 1.78. The fraction of sp³-hybridized carbons (Fsp3) is 0.474. The van der Waals surface area contributed by atoms with Crippen molar-refractivity contribution in [3.63, 3.8) is 0 Å². The minimum absolute atomic E-state index is 0.0171. The number of hydrogen-bond acceptors (Lipinski definition) is 7. The van der Waals surface area contributed by atoms with Crippen molar-refractivity contribution < 1.29 is 22.9 Å². The van der Waals surface area contributed by atoms with Crippen LogP contribution in [-0.2, 0) is 14.8 Å². The van der Waals surface area contributed by atoms with Gasteiger partial charge in [0.2, 0.25) is 10.0 Å². The average Bonchev–Trinajstić information content (AvgIpc) is 3.15. The van der Waals surface area contributed by atoms with Crippen LogP contribution in [0.25, 0.3) is 11.1 Å². The summed E-state index contributed by atoms with van der Waals surface area (Å²) in [4.78, 5) is 23.9. The number of aromatic nitrogens is 2. The second-order valence-corrected chi connectivity index (χ2v) is 9.92. The number of ether oxygens (including phenoxy) is 1. The van der Waals surface area contributed by atoms with Crippen LogP contribution in [0.15, 0.2) is 35.5 Å². The molecule has 0 unspecified atom stereocenters. The number of piperidine rings is 1. The lowest BCUT2D eigenvalue weighted by Crippen LogP contribution is -2.42. The van der Waals surface area contributed by atoms with Gasteiger partial charge < -0.3 is 9.64 Å². The van der Waals surface area contributed by atoms with Gasteiger partial charge in [0.05, 0.1) is 22.1 Å². The Morgan fingerprint density at radius 3 is 2.48 bits per heavy atom. The molecule has 0 bridgehead atoms. The standard InChI is InChI=1S/C19H25N5O6S/c1-19(2,3)30-18(25)22-8-6-14(7-9-22)23-12-13(11-21-23)16-5-4-15(24(26)27)10-17(16)31(20,28)29/h4-5,10-12,14H,6-9H2,1-3H3,(H2,20,28,29). The highest BCUT2D eigenvalue weighted by Gasteiger charge is 2.28. The Morgan fingerprint density at radius 1 is 1.29 bits per heavy atom. The van der Waals surface area contributed by atoms with Crippen molar-refractivity contribution in [3.05, 3.63) is 40.7 Å². The van der Waals surface area contributed by atoms with Crippen molar-refractivity contribution in [2.24, 2.45) is 5.14 Å². The molecule has 3 rings (SSSR count). The van der Waals surface area contributed by atoms with Crippen molar-refractivity contribution in [1.29, 1.82) is 0 Å². The molecule has 1 amide bonds. The Bertz CT molecular complexity index is 1100. The van der Waals surface area contributed by atoms with Gasteiger partial charge in [-0.1, -0.05) is 0 Å². The molecule has 2 aromatic rings. The maximum absolute atomic E-state index is 12.2. The van der Waals surface area contributed by atoms with E-state index in [1.807, 2.05) is 20.8 Å². The SMILES string of the molecule is CC(C)(C)OC(=O)N1CCC(n2cc(-c3ccc([N+](=O)[O-])cc3S(N)(=O)=O)cn2)CC1. The molecule has 0 radical (unpaired) electrons. The molecule has 1 aliphatic heterocycles. The topological polar surface area (TPSA) is 151 Å². The normalized spacial score (nSPS) is 15.7. The van der Waals surface area contributed by atoms with E-state index in [0.717, 1.165) is 6.07 Å². The fourth-order valence-corrected chi connectivity index (χ4v) is 4.19. The molecule has 1 aliphatic rings. The van der Waals surface area contributed by atoms with Gasteiger partial charge in [0.25, 0.3) is 5.69 Å². The Kier molecular flexibility index (Phi) is 6.05. The van der Waals surface area contributed by atoms with Crippen molar-refractivity contribution in [2.45, 2.75) is 50.2 Å². The molecule has 31 heavy (non-hydrogen) atoms.